The molecule has 1 N–H and O–H groups in total. The average Bonchev–Trinajstić information content (AvgIpc) is 3.01. The molecule has 140 valence electrons. The van der Waals surface area contributed by atoms with E-state index in [-0.39, 0.29) is 18.3 Å². The van der Waals surface area contributed by atoms with Gasteiger partial charge in [-0.15, -0.1) is 10.2 Å². The third kappa shape index (κ3) is 5.35. The molecule has 0 aliphatic heterocycles. The normalized spacial score (nSPS) is 10.6. The number of amides is 1. The van der Waals surface area contributed by atoms with Crippen molar-refractivity contribution in [1.82, 2.24) is 19.7 Å². The first-order valence-corrected chi connectivity index (χ1v) is 9.57. The molecule has 7 nitrogen and oxygen atoms in total. The van der Waals surface area contributed by atoms with Gasteiger partial charge in [-0.25, -0.2) is 4.98 Å². The third-order valence-electron chi connectivity index (χ3n) is 3.45. The number of hydrogen-bond donors (Lipinski definition) is 1. The number of para-hydroxylation sites is 1. The Balaban J connectivity index is 1.53. The van der Waals surface area contributed by atoms with E-state index in [9.17, 15) is 4.79 Å². The van der Waals surface area contributed by atoms with E-state index in [1.54, 1.807) is 28.8 Å². The van der Waals surface area contributed by atoms with E-state index in [1.165, 1.54) is 18.0 Å². The Morgan fingerprint density at radius 1 is 1.22 bits per heavy atom. The molecule has 1 amide bonds. The number of nitrogens with zero attached hydrogens (tertiary/aromatic N) is 4. The topological polar surface area (TPSA) is 81.9 Å². The number of thioether (sulfide) groups is 1. The van der Waals surface area contributed by atoms with E-state index in [2.05, 4.69) is 20.5 Å². The van der Waals surface area contributed by atoms with E-state index in [0.29, 0.717) is 32.6 Å². The van der Waals surface area contributed by atoms with Gasteiger partial charge in [0.2, 0.25) is 5.91 Å². The molecule has 0 bridgehead atoms. The summed E-state index contributed by atoms with van der Waals surface area (Å²) < 4.78 is 7.44. The summed E-state index contributed by atoms with van der Waals surface area (Å²) in [5.41, 5.74) is 0. The molecule has 0 fully saturated rings. The highest BCUT2D eigenvalue weighted by molar-refractivity contribution is 7.99. The van der Waals surface area contributed by atoms with Crippen LogP contribution in [0.15, 0.2) is 47.8 Å². The quantitative estimate of drug-likeness (QED) is 0.581. The maximum Gasteiger partial charge on any atom is 0.236 e. The molecule has 0 atom stereocenters. The molecule has 2 heterocycles. The number of benzene rings is 1. The Bertz CT molecular complexity index is 933. The van der Waals surface area contributed by atoms with Crippen LogP contribution >= 0.6 is 35.0 Å². The average molecular weight is 424 g/mol. The van der Waals surface area contributed by atoms with Gasteiger partial charge in [-0.05, 0) is 24.3 Å². The van der Waals surface area contributed by atoms with Crippen molar-refractivity contribution in [3.8, 4) is 5.75 Å². The fraction of sp³-hybridized carbons (Fsp3) is 0.176. The van der Waals surface area contributed by atoms with E-state index in [0.717, 1.165) is 0 Å². The van der Waals surface area contributed by atoms with Gasteiger partial charge >= 0.3 is 0 Å². The predicted octanol–water partition coefficient (Wildman–Crippen LogP) is 3.83. The summed E-state index contributed by atoms with van der Waals surface area (Å²) in [6, 6.07) is 10.5. The summed E-state index contributed by atoms with van der Waals surface area (Å²) in [6.45, 7) is 0.217. The lowest BCUT2D eigenvalue weighted by Crippen LogP contribution is -2.15. The minimum atomic E-state index is -0.202. The zero-order valence-corrected chi connectivity index (χ0v) is 16.6. The highest BCUT2D eigenvalue weighted by Gasteiger charge is 2.13. The smallest absolute Gasteiger partial charge is 0.236 e. The molecule has 3 rings (SSSR count). The monoisotopic (exact) mass is 423 g/mol. The molecule has 2 aromatic heterocycles. The van der Waals surface area contributed by atoms with Crippen LogP contribution in [0, 0.1) is 0 Å². The van der Waals surface area contributed by atoms with Crippen LogP contribution in [-0.4, -0.2) is 31.4 Å². The summed E-state index contributed by atoms with van der Waals surface area (Å²) >= 11 is 13.1. The van der Waals surface area contributed by atoms with Crippen molar-refractivity contribution in [2.24, 2.45) is 7.05 Å². The van der Waals surface area contributed by atoms with Crippen LogP contribution in [0.3, 0.4) is 0 Å². The molecule has 0 aliphatic carbocycles. The van der Waals surface area contributed by atoms with Gasteiger partial charge in [0, 0.05) is 13.2 Å². The number of nitrogens with one attached hydrogen (secondary N) is 1. The molecular weight excluding hydrogens is 409 g/mol. The number of rotatable bonds is 7. The molecule has 0 saturated carbocycles. The lowest BCUT2D eigenvalue weighted by atomic mass is 10.3. The Kier molecular flexibility index (Phi) is 6.54. The van der Waals surface area contributed by atoms with Crippen molar-refractivity contribution in [2.75, 3.05) is 11.1 Å². The van der Waals surface area contributed by atoms with Gasteiger partial charge in [0.25, 0.3) is 0 Å². The number of carbonyl (C=O) groups is 1. The Hall–Kier alpha value is -2.29. The van der Waals surface area contributed by atoms with Crippen LogP contribution in [0.5, 0.6) is 5.75 Å². The Labute approximate surface area is 170 Å². The van der Waals surface area contributed by atoms with Gasteiger partial charge in [-0.3, -0.25) is 4.79 Å². The van der Waals surface area contributed by atoms with Gasteiger partial charge in [0.05, 0.1) is 15.8 Å². The largest absolute Gasteiger partial charge is 0.484 e. The molecule has 0 saturated heterocycles. The molecule has 3 aromatic rings. The van der Waals surface area contributed by atoms with Crippen molar-refractivity contribution in [3.05, 3.63) is 58.5 Å². The summed E-state index contributed by atoms with van der Waals surface area (Å²) in [5.74, 6) is 1.61. The second-order valence-electron chi connectivity index (χ2n) is 5.38. The Morgan fingerprint density at radius 3 is 2.78 bits per heavy atom. The Morgan fingerprint density at radius 2 is 2.04 bits per heavy atom. The van der Waals surface area contributed by atoms with Gasteiger partial charge < -0.3 is 14.6 Å². The highest BCUT2D eigenvalue weighted by Crippen LogP contribution is 2.24. The lowest BCUT2D eigenvalue weighted by Gasteiger charge is -2.08. The standard InChI is InChI=1S/C17H15Cl2N5O2S/c1-24-15(9-26-13-5-3-2-4-12(13)19)22-23-17(24)27-10-16(25)21-14-7-6-11(18)8-20-14/h2-8H,9-10H2,1H3,(H,20,21,25). The van der Waals surface area contributed by atoms with Crippen molar-refractivity contribution in [1.29, 1.82) is 0 Å². The minimum Gasteiger partial charge on any atom is -0.484 e. The summed E-state index contributed by atoms with van der Waals surface area (Å²) in [4.78, 5) is 16.1. The second-order valence-corrected chi connectivity index (χ2v) is 7.16. The molecule has 1 aromatic carbocycles. The van der Waals surface area contributed by atoms with Crippen molar-refractivity contribution < 1.29 is 9.53 Å². The van der Waals surface area contributed by atoms with Crippen LogP contribution in [0.1, 0.15) is 5.82 Å². The number of halogens is 2. The van der Waals surface area contributed by atoms with E-state index in [1.807, 2.05) is 19.2 Å². The predicted molar refractivity (Wildman–Crippen MR) is 105 cm³/mol. The van der Waals surface area contributed by atoms with Crippen LogP contribution < -0.4 is 10.1 Å². The molecule has 0 unspecified atom stereocenters. The zero-order chi connectivity index (χ0) is 19.2. The second kappa shape index (κ2) is 9.07. The summed E-state index contributed by atoms with van der Waals surface area (Å²) in [6.07, 6.45) is 1.47. The number of pyridine rings is 1. The number of carbonyl (C=O) groups excluding carboxylic acids is 1. The van der Waals surface area contributed by atoms with Crippen molar-refractivity contribution >= 4 is 46.7 Å². The molecule has 0 aliphatic rings. The summed E-state index contributed by atoms with van der Waals surface area (Å²) in [7, 11) is 1.81. The first-order valence-electron chi connectivity index (χ1n) is 7.82. The molecular formula is C17H15Cl2N5O2S. The maximum atomic E-state index is 12.0. The lowest BCUT2D eigenvalue weighted by molar-refractivity contribution is -0.113. The van der Waals surface area contributed by atoms with Crippen LogP contribution in [0.4, 0.5) is 5.82 Å². The number of hydrogen-bond acceptors (Lipinski definition) is 6. The van der Waals surface area contributed by atoms with Crippen molar-refractivity contribution in [3.63, 3.8) is 0 Å². The minimum absolute atomic E-state index is 0.168. The highest BCUT2D eigenvalue weighted by atomic mass is 35.5. The maximum absolute atomic E-state index is 12.0. The van der Waals surface area contributed by atoms with Crippen molar-refractivity contribution in [2.45, 2.75) is 11.8 Å². The molecule has 0 radical (unpaired) electrons. The first kappa shape index (κ1) is 19.5. The van der Waals surface area contributed by atoms with Gasteiger partial charge in [-0.2, -0.15) is 0 Å². The molecule has 0 spiro atoms. The van der Waals surface area contributed by atoms with Gasteiger partial charge in [-0.1, -0.05) is 47.1 Å². The van der Waals surface area contributed by atoms with Gasteiger partial charge in [0.15, 0.2) is 11.0 Å². The first-order chi connectivity index (χ1) is 13.0. The number of aromatic nitrogens is 4. The van der Waals surface area contributed by atoms with E-state index >= 15 is 0 Å². The zero-order valence-electron chi connectivity index (χ0n) is 14.2. The number of ether oxygens (including phenoxy) is 1. The van der Waals surface area contributed by atoms with Crippen LogP contribution in [-0.2, 0) is 18.4 Å². The summed E-state index contributed by atoms with van der Waals surface area (Å²) in [5, 5.41) is 12.5. The van der Waals surface area contributed by atoms with Crippen LogP contribution in [0.25, 0.3) is 0 Å². The third-order valence-corrected chi connectivity index (χ3v) is 5.00. The fourth-order valence-electron chi connectivity index (χ4n) is 2.06. The molecule has 10 heteroatoms. The van der Waals surface area contributed by atoms with Crippen LogP contribution in [0.2, 0.25) is 10.0 Å². The SMILES string of the molecule is Cn1c(COc2ccccc2Cl)nnc1SCC(=O)Nc1ccc(Cl)cn1. The number of anilines is 1. The van der Waals surface area contributed by atoms with E-state index in [4.69, 9.17) is 27.9 Å². The van der Waals surface area contributed by atoms with Gasteiger partial charge in [0.1, 0.15) is 18.2 Å². The molecule has 27 heavy (non-hydrogen) atoms. The fourth-order valence-corrected chi connectivity index (χ4v) is 3.09. The van der Waals surface area contributed by atoms with E-state index < -0.39 is 0 Å².